The van der Waals surface area contributed by atoms with Crippen LogP contribution in [-0.4, -0.2) is 72.8 Å². The number of anilines is 1. The lowest BCUT2D eigenvalue weighted by molar-refractivity contribution is -0.142. The number of methoxy groups -OCH3 is 1. The van der Waals surface area contributed by atoms with Gasteiger partial charge in [-0.25, -0.2) is 4.98 Å². The van der Waals surface area contributed by atoms with Gasteiger partial charge < -0.3 is 14.4 Å². The van der Waals surface area contributed by atoms with Gasteiger partial charge in [-0.1, -0.05) is 29.5 Å². The fraction of sp³-hybridized carbons (Fsp3) is 0.440. The van der Waals surface area contributed by atoms with E-state index < -0.39 is 0 Å². The van der Waals surface area contributed by atoms with Crippen LogP contribution >= 0.6 is 0 Å². The van der Waals surface area contributed by atoms with Gasteiger partial charge in [0.1, 0.15) is 12.9 Å². The summed E-state index contributed by atoms with van der Waals surface area (Å²) >= 11 is 0. The lowest BCUT2D eigenvalue weighted by Crippen LogP contribution is -2.50. The van der Waals surface area contributed by atoms with E-state index in [4.69, 9.17) is 20.4 Å². The van der Waals surface area contributed by atoms with Gasteiger partial charge in [-0.15, -0.1) is 0 Å². The number of aromatic nitrogens is 1. The first-order valence-electron chi connectivity index (χ1n) is 11.7. The summed E-state index contributed by atoms with van der Waals surface area (Å²) in [5.41, 5.74) is 10.9. The summed E-state index contributed by atoms with van der Waals surface area (Å²) in [5, 5.41) is 11.4. The van der Waals surface area contributed by atoms with Gasteiger partial charge in [0.2, 0.25) is 5.91 Å². The number of nitrogens with one attached hydrogen (secondary N) is 2. The maximum absolute atomic E-state index is 12.8. The minimum Gasteiger partial charge on any atom is -0.461 e. The number of hydrogen-bond donors (Lipinski definition) is 2. The van der Waals surface area contributed by atoms with E-state index in [0.717, 1.165) is 46.7 Å². The molecule has 1 aromatic carbocycles. The average Bonchev–Trinajstić information content (AvgIpc) is 2.89. The number of ether oxygens (including phenoxy) is 2. The van der Waals surface area contributed by atoms with Gasteiger partial charge in [0.25, 0.3) is 0 Å². The van der Waals surface area contributed by atoms with Crippen LogP contribution in [0, 0.1) is 17.9 Å². The molecule has 11 heteroatoms. The van der Waals surface area contributed by atoms with Crippen LogP contribution in [0.3, 0.4) is 0 Å². The second-order valence-corrected chi connectivity index (χ2v) is 8.59. The number of piperazine rings is 1. The van der Waals surface area contributed by atoms with Gasteiger partial charge in [0.15, 0.2) is 5.82 Å². The van der Waals surface area contributed by atoms with Crippen molar-refractivity contribution in [2.45, 2.75) is 33.0 Å². The second kappa shape index (κ2) is 12.8. The molecule has 3 rings (SSSR count). The van der Waals surface area contributed by atoms with Crippen molar-refractivity contribution in [3.8, 4) is 0 Å². The lowest BCUT2D eigenvalue weighted by atomic mass is 9.98. The van der Waals surface area contributed by atoms with Crippen molar-refractivity contribution in [2.24, 2.45) is 5.22 Å². The van der Waals surface area contributed by atoms with Crippen molar-refractivity contribution in [2.75, 3.05) is 44.8 Å². The van der Waals surface area contributed by atoms with Crippen molar-refractivity contribution in [1.82, 2.24) is 14.8 Å². The Balaban J connectivity index is 1.54. The number of nitrogens with zero attached hydrogens (tertiary/aromatic N) is 5. The lowest BCUT2D eigenvalue weighted by Gasteiger charge is -2.36. The highest BCUT2D eigenvalue weighted by Crippen LogP contribution is 2.25. The molecular formula is C25H33N7O4. The predicted molar refractivity (Wildman–Crippen MR) is 134 cm³/mol. The Kier molecular flexibility index (Phi) is 9.60. The van der Waals surface area contributed by atoms with Crippen LogP contribution < -0.4 is 5.01 Å². The van der Waals surface area contributed by atoms with Crippen molar-refractivity contribution in [3.05, 3.63) is 58.8 Å². The van der Waals surface area contributed by atoms with Crippen LogP contribution in [0.2, 0.25) is 0 Å². The highest BCUT2D eigenvalue weighted by Gasteiger charge is 2.25. The Labute approximate surface area is 211 Å². The van der Waals surface area contributed by atoms with Gasteiger partial charge in [0.05, 0.1) is 12.5 Å². The van der Waals surface area contributed by atoms with Gasteiger partial charge in [-0.3, -0.25) is 19.9 Å². The summed E-state index contributed by atoms with van der Waals surface area (Å²) in [4.78, 5) is 32.4. The van der Waals surface area contributed by atoms with E-state index in [1.165, 1.54) is 6.92 Å². The van der Waals surface area contributed by atoms with Crippen LogP contribution in [0.5, 0.6) is 0 Å². The van der Waals surface area contributed by atoms with Gasteiger partial charge in [0, 0.05) is 53.0 Å². The van der Waals surface area contributed by atoms with Crippen molar-refractivity contribution >= 4 is 24.0 Å². The van der Waals surface area contributed by atoms with Gasteiger partial charge in [-0.05, 0) is 35.2 Å². The molecule has 1 atom stereocenters. The quantitative estimate of drug-likeness (QED) is 0.161. The summed E-state index contributed by atoms with van der Waals surface area (Å²) in [6.07, 6.45) is 2.58. The zero-order valence-electron chi connectivity index (χ0n) is 20.9. The molecule has 1 amide bonds. The van der Waals surface area contributed by atoms with Crippen LogP contribution in [0.4, 0.5) is 5.82 Å². The fourth-order valence-electron chi connectivity index (χ4n) is 4.19. The smallest absolute Gasteiger partial charge is 0.302 e. The van der Waals surface area contributed by atoms with Crippen LogP contribution in [-0.2, 0) is 32.1 Å². The normalized spacial score (nSPS) is 14.7. The molecule has 0 bridgehead atoms. The van der Waals surface area contributed by atoms with E-state index in [1.807, 2.05) is 30.0 Å². The number of amides is 1. The number of carbonyl (C=O) groups is 2. The molecule has 192 valence electrons. The molecule has 1 aromatic heterocycles. The standard InChI is InChI=1S/C25H33N7O4/c1-18-21(16-36-19(2)33)5-4-6-22(18)23(35-3)15-30-9-11-31(12-10-30)25(34)13-20-7-8-24(28-14-20)32(17-26)29-27/h4-8,14,17,23,26-27H,9-13,15-16H2,1-3H3. The summed E-state index contributed by atoms with van der Waals surface area (Å²) in [7, 11) is 1.70. The number of hydrogen-bond acceptors (Lipinski definition) is 9. The van der Waals surface area contributed by atoms with Crippen molar-refractivity contribution in [1.29, 1.82) is 10.9 Å². The van der Waals surface area contributed by atoms with E-state index in [9.17, 15) is 9.59 Å². The Morgan fingerprint density at radius 3 is 2.56 bits per heavy atom. The molecule has 1 fully saturated rings. The SMILES string of the molecule is COC(CN1CCN(C(=O)Cc2ccc(N(C=N)N=N)nc2)CC1)c1cccc(COC(C)=O)c1C. The molecule has 0 aliphatic carbocycles. The maximum Gasteiger partial charge on any atom is 0.302 e. The predicted octanol–water partition coefficient (Wildman–Crippen LogP) is 2.89. The molecule has 0 spiro atoms. The van der Waals surface area contributed by atoms with E-state index in [2.05, 4.69) is 15.1 Å². The summed E-state index contributed by atoms with van der Waals surface area (Å²) in [5.74, 6) is 0.0820. The summed E-state index contributed by atoms with van der Waals surface area (Å²) in [6, 6.07) is 9.35. The van der Waals surface area contributed by atoms with Gasteiger partial charge in [-0.2, -0.15) is 10.5 Å². The molecule has 2 aromatic rings. The third-order valence-electron chi connectivity index (χ3n) is 6.33. The summed E-state index contributed by atoms with van der Waals surface area (Å²) < 4.78 is 11.0. The Morgan fingerprint density at radius 2 is 1.97 bits per heavy atom. The van der Waals surface area contributed by atoms with E-state index in [-0.39, 0.29) is 31.0 Å². The molecule has 2 N–H and O–H groups in total. The number of esters is 1. The molecule has 0 radical (unpaired) electrons. The second-order valence-electron chi connectivity index (χ2n) is 8.59. The third-order valence-corrected chi connectivity index (χ3v) is 6.33. The Hall–Kier alpha value is -3.70. The van der Waals surface area contributed by atoms with E-state index in [1.54, 1.807) is 25.4 Å². The molecule has 0 saturated carbocycles. The molecule has 1 saturated heterocycles. The molecular weight excluding hydrogens is 462 g/mol. The first kappa shape index (κ1) is 26.9. The molecule has 1 unspecified atom stereocenters. The first-order valence-corrected chi connectivity index (χ1v) is 11.7. The van der Waals surface area contributed by atoms with Crippen LogP contribution in [0.1, 0.15) is 35.3 Å². The fourth-order valence-corrected chi connectivity index (χ4v) is 4.19. The van der Waals surface area contributed by atoms with Crippen molar-refractivity contribution in [3.63, 3.8) is 0 Å². The average molecular weight is 496 g/mol. The number of carbonyl (C=O) groups excluding carboxylic acids is 2. The number of rotatable bonds is 11. The van der Waals surface area contributed by atoms with E-state index >= 15 is 0 Å². The highest BCUT2D eigenvalue weighted by atomic mass is 16.5. The molecule has 36 heavy (non-hydrogen) atoms. The highest BCUT2D eigenvalue weighted by molar-refractivity contribution is 5.79. The monoisotopic (exact) mass is 495 g/mol. The summed E-state index contributed by atoms with van der Waals surface area (Å²) in [6.45, 7) is 7.11. The minimum atomic E-state index is -0.307. The zero-order chi connectivity index (χ0) is 26.1. The molecule has 11 nitrogen and oxygen atoms in total. The molecule has 1 aliphatic heterocycles. The van der Waals surface area contributed by atoms with Crippen LogP contribution in [0.15, 0.2) is 41.8 Å². The zero-order valence-corrected chi connectivity index (χ0v) is 20.9. The topological polar surface area (TPSA) is 135 Å². The molecule has 1 aliphatic rings. The Bertz CT molecular complexity index is 1060. The largest absolute Gasteiger partial charge is 0.461 e. The first-order chi connectivity index (χ1) is 17.4. The maximum atomic E-state index is 12.8. The molecule has 2 heterocycles. The number of pyridine rings is 1. The van der Waals surface area contributed by atoms with Crippen molar-refractivity contribution < 1.29 is 19.1 Å². The van der Waals surface area contributed by atoms with Gasteiger partial charge >= 0.3 is 5.97 Å². The number of benzene rings is 1. The van der Waals surface area contributed by atoms with E-state index in [0.29, 0.717) is 25.5 Å². The third kappa shape index (κ3) is 6.92. The Morgan fingerprint density at radius 1 is 1.22 bits per heavy atom. The minimum absolute atomic E-state index is 0.0376. The van der Waals surface area contributed by atoms with Crippen LogP contribution in [0.25, 0.3) is 0 Å².